The summed E-state index contributed by atoms with van der Waals surface area (Å²) in [5.41, 5.74) is 8.60. The minimum absolute atomic E-state index is 0.0508. The van der Waals surface area contributed by atoms with Crippen molar-refractivity contribution in [2.45, 2.75) is 56.8 Å². The lowest BCUT2D eigenvalue weighted by Crippen LogP contribution is -2.51. The van der Waals surface area contributed by atoms with Crippen LogP contribution in [0.3, 0.4) is 0 Å². The second-order valence-corrected chi connectivity index (χ2v) is 24.1. The monoisotopic (exact) mass is 1310 g/mol. The van der Waals surface area contributed by atoms with E-state index >= 15 is 0 Å². The summed E-state index contributed by atoms with van der Waals surface area (Å²) < 4.78 is 7.78. The molecule has 0 bridgehead atoms. The molecule has 0 radical (unpaired) electrons. The van der Waals surface area contributed by atoms with Crippen molar-refractivity contribution in [3.8, 4) is 0 Å². The van der Waals surface area contributed by atoms with E-state index in [1.165, 1.54) is 41.7 Å². The Morgan fingerprint density at radius 2 is 0.946 bits per heavy atom. The molecule has 2 saturated heterocycles. The number of hydrogen-bond donors (Lipinski definition) is 13. The van der Waals surface area contributed by atoms with Crippen LogP contribution in [0.15, 0.2) is 72.8 Å². The first-order chi connectivity index (χ1) is 43.8. The number of carbonyl (C=O) groups is 10. The number of amides is 10. The fraction of sp³-hybridized carbons (Fsp3) is 0.424. The van der Waals surface area contributed by atoms with E-state index in [9.17, 15) is 47.9 Å². The zero-order chi connectivity index (χ0) is 66.5. The second-order valence-electron chi connectivity index (χ2n) is 22.7. The zero-order valence-corrected chi connectivity index (χ0v) is 54.0. The molecule has 2 aliphatic rings. The summed E-state index contributed by atoms with van der Waals surface area (Å²) in [5, 5.41) is 36.5. The molecule has 33 heteroatoms. The first kappa shape index (κ1) is 68.8. The van der Waals surface area contributed by atoms with Gasteiger partial charge in [-0.25, -0.2) is 0 Å². The van der Waals surface area contributed by atoms with Crippen LogP contribution in [0, 0.1) is 0 Å². The highest BCUT2D eigenvalue weighted by atomic mass is 35.5. The first-order valence-electron chi connectivity index (χ1n) is 29.7. The van der Waals surface area contributed by atoms with Crippen molar-refractivity contribution in [2.75, 3.05) is 100 Å². The van der Waals surface area contributed by atoms with E-state index in [4.69, 9.17) is 17.3 Å². The molecule has 8 heterocycles. The zero-order valence-electron chi connectivity index (χ0n) is 52.5. The summed E-state index contributed by atoms with van der Waals surface area (Å²) in [7, 11) is 13.7. The molecule has 494 valence electrons. The molecule has 0 aromatic carbocycles. The van der Waals surface area contributed by atoms with Gasteiger partial charge in [-0.05, 0) is 102 Å². The molecule has 31 nitrogen and oxygen atoms in total. The number of aryl methyl sites for hydroxylation is 5. The number of anilines is 5. The molecule has 10 amide bonds. The highest BCUT2D eigenvalue weighted by molar-refractivity contribution is 7.12. The van der Waals surface area contributed by atoms with Crippen molar-refractivity contribution in [3.05, 3.63) is 111 Å². The van der Waals surface area contributed by atoms with Gasteiger partial charge < -0.3 is 86.6 Å². The van der Waals surface area contributed by atoms with Crippen LogP contribution < -0.4 is 69.5 Å². The number of thiophene rings is 1. The van der Waals surface area contributed by atoms with E-state index < -0.39 is 66.0 Å². The van der Waals surface area contributed by atoms with Crippen LogP contribution in [0.25, 0.3) is 0 Å². The second kappa shape index (κ2) is 31.2. The van der Waals surface area contributed by atoms with Gasteiger partial charge in [-0.15, -0.1) is 11.3 Å². The Morgan fingerprint density at radius 3 is 1.43 bits per heavy atom. The van der Waals surface area contributed by atoms with Crippen LogP contribution in [-0.4, -0.2) is 195 Å². The topological polar surface area (TPSA) is 375 Å². The molecule has 4 unspecified atom stereocenters. The van der Waals surface area contributed by atoms with E-state index in [1.807, 2.05) is 7.05 Å². The van der Waals surface area contributed by atoms with Crippen LogP contribution in [-0.2, 0) is 54.4 Å². The van der Waals surface area contributed by atoms with Gasteiger partial charge in [0.25, 0.3) is 47.3 Å². The molecule has 0 aliphatic carbocycles. The molecular weight excluding hydrogens is 1230 g/mol. The fourth-order valence-electron chi connectivity index (χ4n) is 10.6. The summed E-state index contributed by atoms with van der Waals surface area (Å²) in [4.78, 5) is 137. The van der Waals surface area contributed by atoms with Crippen molar-refractivity contribution in [2.24, 2.45) is 41.0 Å². The fourth-order valence-corrected chi connectivity index (χ4v) is 11.6. The minimum Gasteiger partial charge on any atom is -0.356 e. The summed E-state index contributed by atoms with van der Waals surface area (Å²) in [6, 6.07) is 9.23. The SMILES string of the molecule is CN(CCCN)CCCNC(=O)CCNC(=O)c1cc(NC(=O)c2cc(NC(=O)C3NC(NC(=O)c4cc(NC(=O)CCCNC(=O)C5NC(NC(=O)c6cc(NC(=O)c7cc(NC(=O)c8sccc8Cl)cn7C)cn6C)CN5C)cn4C)CN3C)cn2C)cn1C. The number of halogens is 1. The van der Waals surface area contributed by atoms with Crippen LogP contribution in [0.2, 0.25) is 5.02 Å². The highest BCUT2D eigenvalue weighted by Crippen LogP contribution is 2.25. The van der Waals surface area contributed by atoms with Gasteiger partial charge in [0, 0.05) is 112 Å². The van der Waals surface area contributed by atoms with Crippen LogP contribution in [0.4, 0.5) is 28.4 Å². The number of rotatable bonds is 29. The Labute approximate surface area is 539 Å². The van der Waals surface area contributed by atoms with Gasteiger partial charge in [0.2, 0.25) is 11.8 Å². The van der Waals surface area contributed by atoms with E-state index in [0.29, 0.717) is 64.4 Å². The predicted octanol–water partition coefficient (Wildman–Crippen LogP) is 0.765. The van der Waals surface area contributed by atoms with Crippen LogP contribution >= 0.6 is 22.9 Å². The number of aromatic nitrogens is 5. The lowest BCUT2D eigenvalue weighted by molar-refractivity contribution is -0.126. The molecule has 2 fully saturated rings. The number of nitrogens with one attached hydrogen (secondary N) is 12. The predicted molar refractivity (Wildman–Crippen MR) is 347 cm³/mol. The maximum absolute atomic E-state index is 13.6. The third kappa shape index (κ3) is 18.1. The molecule has 0 spiro atoms. The molecule has 6 aromatic rings. The van der Waals surface area contributed by atoms with Crippen molar-refractivity contribution >= 4 is 110 Å². The third-order valence-electron chi connectivity index (χ3n) is 15.3. The van der Waals surface area contributed by atoms with Crippen molar-refractivity contribution < 1.29 is 47.9 Å². The van der Waals surface area contributed by atoms with Gasteiger partial charge in [-0.2, -0.15) is 0 Å². The molecule has 4 atom stereocenters. The summed E-state index contributed by atoms with van der Waals surface area (Å²) >= 11 is 7.29. The molecule has 6 aromatic heterocycles. The number of carbonyl (C=O) groups excluding carboxylic acids is 10. The van der Waals surface area contributed by atoms with E-state index in [-0.39, 0.29) is 78.7 Å². The average molecular weight is 1310 g/mol. The summed E-state index contributed by atoms with van der Waals surface area (Å²) in [5.74, 6) is -4.03. The van der Waals surface area contributed by atoms with Gasteiger partial charge >= 0.3 is 0 Å². The Morgan fingerprint density at radius 1 is 0.511 bits per heavy atom. The Bertz CT molecular complexity index is 3710. The van der Waals surface area contributed by atoms with Crippen molar-refractivity contribution in [3.63, 3.8) is 0 Å². The van der Waals surface area contributed by atoms with Gasteiger partial charge in [0.05, 0.1) is 45.8 Å². The lowest BCUT2D eigenvalue weighted by Gasteiger charge is -2.18. The normalized spacial score (nSPS) is 16.5. The quantitative estimate of drug-likeness (QED) is 0.0289. The van der Waals surface area contributed by atoms with Gasteiger partial charge in [-0.1, -0.05) is 11.6 Å². The summed E-state index contributed by atoms with van der Waals surface area (Å²) in [6.07, 6.45) is 7.20. The maximum atomic E-state index is 13.6. The van der Waals surface area contributed by atoms with E-state index in [2.05, 4.69) is 68.7 Å². The van der Waals surface area contributed by atoms with Crippen molar-refractivity contribution in [1.29, 1.82) is 0 Å². The van der Waals surface area contributed by atoms with E-state index in [0.717, 1.165) is 25.9 Å². The Kier molecular flexibility index (Phi) is 23.4. The Hall–Kier alpha value is -9.15. The van der Waals surface area contributed by atoms with Gasteiger partial charge in [0.1, 0.15) is 45.7 Å². The molecule has 2 aliphatic heterocycles. The number of hydrogen-bond acceptors (Lipinski definition) is 17. The van der Waals surface area contributed by atoms with Crippen molar-refractivity contribution in [1.82, 2.24) is 74.8 Å². The number of likely N-dealkylation sites (N-methyl/N-ethyl adjacent to an activating group) is 2. The van der Waals surface area contributed by atoms with E-state index in [1.54, 1.807) is 124 Å². The van der Waals surface area contributed by atoms with Gasteiger partial charge in [0.15, 0.2) is 0 Å². The van der Waals surface area contributed by atoms with Crippen LogP contribution in [0.5, 0.6) is 0 Å². The highest BCUT2D eigenvalue weighted by Gasteiger charge is 2.37. The number of nitrogens with zero attached hydrogens (tertiary/aromatic N) is 8. The smallest absolute Gasteiger partial charge is 0.272 e. The third-order valence-corrected chi connectivity index (χ3v) is 16.6. The molecule has 0 saturated carbocycles. The maximum Gasteiger partial charge on any atom is 0.272 e. The average Bonchev–Trinajstić information content (AvgIpc) is 1.90. The molecule has 8 rings (SSSR count). The molecule has 92 heavy (non-hydrogen) atoms. The van der Waals surface area contributed by atoms with Gasteiger partial charge in [-0.3, -0.25) is 68.4 Å². The Balaban J connectivity index is 0.710. The van der Waals surface area contributed by atoms with Crippen LogP contribution in [0.1, 0.15) is 94.2 Å². The minimum atomic E-state index is -0.863. The lowest BCUT2D eigenvalue weighted by atomic mass is 10.2. The largest absolute Gasteiger partial charge is 0.356 e. The first-order valence-corrected chi connectivity index (χ1v) is 30.9. The molecule has 14 N–H and O–H groups in total. The standard InChI is InChI=1S/C59H80ClN21O10S/c1-74(19-10-15-61)20-11-17-62-47(82)13-18-64-52(84)40-23-35(28-75(40)2)66-54(86)42-26-38(31-78(42)5)69-59(91)51-71-46(33-81(51)8)73-55(87)43-22-34(27-76(43)3)65-48(83)12-9-16-63-58(90)50-70-45(32-80(50)7)72-56(88)44-24-36(29-79(44)6)67-53(85)41-25-37(30-77(41)4)68-57(89)49-39(60)14-21-92-49/h14,21-31,45-46,50-51,70-71H,9-13,15-20,32-33,61H2,1-8H3,(H,62,82)(H,63,90)(H,64,84)(H,65,83)(H,66,86)(H,67,85)(H,68,89)(H,69,91)(H,72,88)(H,73,87). The number of nitrogens with two attached hydrogens (primary N) is 1. The summed E-state index contributed by atoms with van der Waals surface area (Å²) in [6.45, 7) is 3.74. The molecular formula is C59H80ClN21O10S.